The summed E-state index contributed by atoms with van der Waals surface area (Å²) in [5.74, 6) is 0.349. The van der Waals surface area contributed by atoms with Crippen LogP contribution < -0.4 is 41.3 Å². The number of benzene rings is 2. The molecule has 238 valence electrons. The Balaban J connectivity index is 1.81. The van der Waals surface area contributed by atoms with Crippen molar-refractivity contribution in [2.45, 2.75) is 52.1 Å². The summed E-state index contributed by atoms with van der Waals surface area (Å²) < 4.78 is 17.1. The predicted molar refractivity (Wildman–Crippen MR) is 173 cm³/mol. The lowest BCUT2D eigenvalue weighted by atomic mass is 9.95. The second-order valence-corrected chi connectivity index (χ2v) is 11.4. The van der Waals surface area contributed by atoms with Crippen molar-refractivity contribution in [1.82, 2.24) is 5.32 Å². The van der Waals surface area contributed by atoms with Crippen LogP contribution >= 0.6 is 0 Å². The maximum atomic E-state index is 13.8. The molecular weight excluding hydrogens is 576 g/mol. The van der Waals surface area contributed by atoms with Crippen molar-refractivity contribution in [3.8, 4) is 28.4 Å². The van der Waals surface area contributed by atoms with Crippen LogP contribution in [0, 0.1) is 5.92 Å². The summed E-state index contributed by atoms with van der Waals surface area (Å²) in [7, 11) is 4.62. The Bertz CT molecular complexity index is 1650. The zero-order valence-corrected chi connectivity index (χ0v) is 26.4. The van der Waals surface area contributed by atoms with Crippen molar-refractivity contribution >= 4 is 29.1 Å². The number of nitrogens with two attached hydrogens (primary N) is 1. The molecule has 0 saturated heterocycles. The van der Waals surface area contributed by atoms with E-state index in [0.29, 0.717) is 58.9 Å². The molecule has 0 unspecified atom stereocenters. The quantitative estimate of drug-likeness (QED) is 0.246. The first kappa shape index (κ1) is 32.8. The van der Waals surface area contributed by atoms with E-state index >= 15 is 0 Å². The van der Waals surface area contributed by atoms with Crippen LogP contribution in [0.5, 0.6) is 17.2 Å². The van der Waals surface area contributed by atoms with E-state index in [0.717, 1.165) is 11.1 Å². The van der Waals surface area contributed by atoms with Gasteiger partial charge in [0.05, 0.1) is 33.1 Å². The lowest BCUT2D eigenvalue weighted by Crippen LogP contribution is -2.37. The molecular formula is C34H40N4O7. The second-order valence-electron chi connectivity index (χ2n) is 11.4. The number of aryl methyl sites for hydroxylation is 1. The molecule has 11 nitrogen and oxygen atoms in total. The Labute approximate surface area is 262 Å². The molecule has 3 aromatic rings. The normalized spacial score (nSPS) is 14.2. The Morgan fingerprint density at radius 1 is 0.956 bits per heavy atom. The number of carbonyl (C=O) groups is 3. The smallest absolute Gasteiger partial charge is 0.248 e. The molecule has 0 heterocycles. The van der Waals surface area contributed by atoms with Crippen molar-refractivity contribution < 1.29 is 28.6 Å². The summed E-state index contributed by atoms with van der Waals surface area (Å²) in [4.78, 5) is 50.9. The largest absolute Gasteiger partial charge is 0.493 e. The highest BCUT2D eigenvalue weighted by molar-refractivity contribution is 5.98. The summed E-state index contributed by atoms with van der Waals surface area (Å²) in [6.45, 7) is 5.41. The molecule has 3 amide bonds. The molecule has 0 aromatic heterocycles. The average molecular weight is 617 g/mol. The third-order valence-corrected chi connectivity index (χ3v) is 7.71. The van der Waals surface area contributed by atoms with Crippen LogP contribution in [-0.4, -0.2) is 45.1 Å². The fourth-order valence-electron chi connectivity index (χ4n) is 5.66. The Morgan fingerprint density at radius 3 is 2.22 bits per heavy atom. The molecule has 0 saturated carbocycles. The van der Waals surface area contributed by atoms with Gasteiger partial charge in [-0.3, -0.25) is 19.2 Å². The van der Waals surface area contributed by atoms with Crippen molar-refractivity contribution in [3.63, 3.8) is 0 Å². The minimum atomic E-state index is -0.756. The Morgan fingerprint density at radius 2 is 1.64 bits per heavy atom. The zero-order valence-electron chi connectivity index (χ0n) is 26.4. The summed E-state index contributed by atoms with van der Waals surface area (Å²) in [6.07, 6.45) is 1.54. The number of hydrogen-bond acceptors (Lipinski definition) is 8. The predicted octanol–water partition coefficient (Wildman–Crippen LogP) is 4.43. The molecule has 45 heavy (non-hydrogen) atoms. The summed E-state index contributed by atoms with van der Waals surface area (Å²) in [6, 6.07) is 11.9. The molecule has 4 rings (SSSR count). The van der Waals surface area contributed by atoms with Gasteiger partial charge in [0.15, 0.2) is 11.5 Å². The number of hydrogen-bond donors (Lipinski definition) is 4. The number of amides is 3. The van der Waals surface area contributed by atoms with E-state index in [-0.39, 0.29) is 28.8 Å². The first-order chi connectivity index (χ1) is 21.5. The number of fused-ring (bicyclic) bond motifs is 3. The van der Waals surface area contributed by atoms with Gasteiger partial charge in [0.25, 0.3) is 0 Å². The van der Waals surface area contributed by atoms with E-state index < -0.39 is 18.0 Å². The zero-order chi connectivity index (χ0) is 32.8. The Kier molecular flexibility index (Phi) is 10.3. The van der Waals surface area contributed by atoms with Crippen molar-refractivity contribution in [3.05, 3.63) is 75.4 Å². The Hall–Kier alpha value is -5.06. The average Bonchev–Trinajstić information content (AvgIpc) is 3.24. The number of primary amides is 1. The molecule has 0 aliphatic heterocycles. The van der Waals surface area contributed by atoms with Gasteiger partial charge in [-0.05, 0) is 84.3 Å². The van der Waals surface area contributed by atoms with Crippen molar-refractivity contribution in [1.29, 1.82) is 0 Å². The van der Waals surface area contributed by atoms with Crippen LogP contribution in [0.25, 0.3) is 11.1 Å². The van der Waals surface area contributed by atoms with Crippen molar-refractivity contribution in [2.75, 3.05) is 32.0 Å². The topological polar surface area (TPSA) is 158 Å². The molecule has 0 fully saturated rings. The van der Waals surface area contributed by atoms with Crippen LogP contribution in [0.3, 0.4) is 0 Å². The van der Waals surface area contributed by atoms with Gasteiger partial charge in [0, 0.05) is 23.7 Å². The first-order valence-electron chi connectivity index (χ1n) is 14.7. The van der Waals surface area contributed by atoms with Gasteiger partial charge in [-0.1, -0.05) is 19.9 Å². The summed E-state index contributed by atoms with van der Waals surface area (Å²) >= 11 is 0. The molecule has 1 aliphatic rings. The van der Waals surface area contributed by atoms with Crippen LogP contribution in [0.2, 0.25) is 0 Å². The lowest BCUT2D eigenvalue weighted by Gasteiger charge is -2.20. The molecule has 11 heteroatoms. The second kappa shape index (κ2) is 14.1. The molecule has 5 N–H and O–H groups in total. The third kappa shape index (κ3) is 7.36. The summed E-state index contributed by atoms with van der Waals surface area (Å²) in [5.41, 5.74) is 8.95. The number of nitrogens with one attached hydrogen (secondary N) is 3. The van der Waals surface area contributed by atoms with E-state index in [1.807, 2.05) is 19.9 Å². The molecule has 0 bridgehead atoms. The molecule has 0 spiro atoms. The minimum Gasteiger partial charge on any atom is -0.493 e. The fraction of sp³-hybridized carbons (Fsp3) is 0.353. The van der Waals surface area contributed by atoms with E-state index in [1.165, 1.54) is 32.2 Å². The molecule has 2 atom stereocenters. The molecule has 3 aromatic carbocycles. The van der Waals surface area contributed by atoms with Gasteiger partial charge in [0.1, 0.15) is 6.04 Å². The number of rotatable bonds is 11. The number of methoxy groups -OCH3 is 3. The van der Waals surface area contributed by atoms with Gasteiger partial charge >= 0.3 is 0 Å². The SMILES string of the molecule is COc1cc2c(c(OC)c1OC)-c1ccc(N[C@@H](CC(C)C)C(=O)Nc3ccc(C(N)=O)cc3)c(=O)cc1[C@H](NC(C)=O)CC2. The van der Waals surface area contributed by atoms with Gasteiger partial charge in [0.2, 0.25) is 28.9 Å². The van der Waals surface area contributed by atoms with E-state index in [9.17, 15) is 19.2 Å². The molecule has 1 aliphatic carbocycles. The van der Waals surface area contributed by atoms with Gasteiger partial charge in [-0.25, -0.2) is 0 Å². The fourth-order valence-corrected chi connectivity index (χ4v) is 5.66. The van der Waals surface area contributed by atoms with E-state index in [2.05, 4.69) is 16.0 Å². The standard InChI is InChI=1S/C34H40N4O7/c1-18(2)15-27(34(42)37-22-10-7-20(8-11-22)33(35)41)38-26-14-12-23-24(17-28(26)40)25(36-19(3)39)13-9-21-16-29(43-4)31(44-5)32(45-6)30(21)23/h7-8,10-12,14,16-18,25,27H,9,13,15H2,1-6H3,(H2,35,41)(H,36,39)(H,37,42)(H,38,40)/t25-,27+/m1/s1. The lowest BCUT2D eigenvalue weighted by molar-refractivity contribution is -0.120. The third-order valence-electron chi connectivity index (χ3n) is 7.71. The van der Waals surface area contributed by atoms with Crippen LogP contribution in [0.15, 0.2) is 53.3 Å². The van der Waals surface area contributed by atoms with E-state index in [4.69, 9.17) is 19.9 Å². The molecule has 0 radical (unpaired) electrons. The minimum absolute atomic E-state index is 0.123. The van der Waals surface area contributed by atoms with Crippen LogP contribution in [0.1, 0.15) is 61.1 Å². The van der Waals surface area contributed by atoms with Crippen LogP contribution in [-0.2, 0) is 16.0 Å². The van der Waals surface area contributed by atoms with Gasteiger partial charge in [-0.2, -0.15) is 0 Å². The number of ether oxygens (including phenoxy) is 3. The maximum absolute atomic E-state index is 13.8. The van der Waals surface area contributed by atoms with E-state index in [1.54, 1.807) is 38.5 Å². The van der Waals surface area contributed by atoms with Crippen LogP contribution in [0.4, 0.5) is 11.4 Å². The number of anilines is 2. The van der Waals surface area contributed by atoms with Crippen molar-refractivity contribution in [2.24, 2.45) is 11.7 Å². The van der Waals surface area contributed by atoms with Gasteiger partial charge in [-0.15, -0.1) is 0 Å². The maximum Gasteiger partial charge on any atom is 0.248 e. The highest BCUT2D eigenvalue weighted by atomic mass is 16.5. The summed E-state index contributed by atoms with van der Waals surface area (Å²) in [5, 5.41) is 9.03. The highest BCUT2D eigenvalue weighted by Crippen LogP contribution is 2.50. The number of carbonyl (C=O) groups excluding carboxylic acids is 3. The first-order valence-corrected chi connectivity index (χ1v) is 14.7. The monoisotopic (exact) mass is 616 g/mol. The van der Waals surface area contributed by atoms with Gasteiger partial charge < -0.3 is 35.9 Å². The highest BCUT2D eigenvalue weighted by Gasteiger charge is 2.30.